The van der Waals surface area contributed by atoms with Gasteiger partial charge in [0.2, 0.25) is 0 Å². The van der Waals surface area contributed by atoms with E-state index in [9.17, 15) is 0 Å². The summed E-state index contributed by atoms with van der Waals surface area (Å²) in [5, 5.41) is 6.71. The van der Waals surface area contributed by atoms with Crippen molar-refractivity contribution in [1.29, 1.82) is 0 Å². The molecule has 0 amide bonds. The molecule has 1 aromatic rings. The largest absolute Gasteiger partial charge is 0.356 e. The van der Waals surface area contributed by atoms with Gasteiger partial charge in [-0.25, -0.2) is 4.98 Å². The lowest BCUT2D eigenvalue weighted by Gasteiger charge is -2.23. The Hall–Kier alpha value is -1.17. The number of nitrogens with one attached hydrogen (secondary N) is 2. The molecule has 0 aliphatic rings. The smallest absolute Gasteiger partial charge is 0.191 e. The van der Waals surface area contributed by atoms with Gasteiger partial charge in [0.25, 0.3) is 0 Å². The van der Waals surface area contributed by atoms with Crippen LogP contribution in [0.25, 0.3) is 0 Å². The average Bonchev–Trinajstić information content (AvgIpc) is 2.83. The van der Waals surface area contributed by atoms with E-state index >= 15 is 0 Å². The monoisotopic (exact) mass is 297 g/mol. The summed E-state index contributed by atoms with van der Waals surface area (Å²) in [5.41, 5.74) is 0. The number of nitrogens with zero attached hydrogens (tertiary/aromatic N) is 3. The molecule has 0 aliphatic carbocycles. The molecule has 0 fully saturated rings. The molecule has 0 atom stereocenters. The van der Waals surface area contributed by atoms with E-state index in [4.69, 9.17) is 0 Å². The van der Waals surface area contributed by atoms with Crippen molar-refractivity contribution >= 4 is 17.7 Å². The van der Waals surface area contributed by atoms with E-state index in [0.717, 1.165) is 37.8 Å². The van der Waals surface area contributed by atoms with Crippen LogP contribution in [-0.2, 0) is 6.54 Å². The van der Waals surface area contributed by atoms with Gasteiger partial charge in [-0.3, -0.25) is 4.99 Å². The Bertz CT molecular complexity index is 425. The number of hydrogen-bond acceptors (Lipinski definition) is 3. The molecule has 0 saturated carbocycles. The van der Waals surface area contributed by atoms with Crippen LogP contribution in [0.4, 0.5) is 0 Å². The SMILES string of the molecule is CN=C(NCCCn1ccnc1C)NCC(C)(C)SC. The Balaban J connectivity index is 2.24. The van der Waals surface area contributed by atoms with E-state index < -0.39 is 0 Å². The summed E-state index contributed by atoms with van der Waals surface area (Å²) in [6.07, 6.45) is 7.03. The minimum atomic E-state index is 0.214. The highest BCUT2D eigenvalue weighted by Crippen LogP contribution is 2.19. The van der Waals surface area contributed by atoms with Crippen molar-refractivity contribution in [3.63, 3.8) is 0 Å². The van der Waals surface area contributed by atoms with Crippen LogP contribution in [0.1, 0.15) is 26.1 Å². The highest BCUT2D eigenvalue weighted by Gasteiger charge is 2.15. The molecule has 0 radical (unpaired) electrons. The Kier molecular flexibility index (Phi) is 6.91. The van der Waals surface area contributed by atoms with Gasteiger partial charge < -0.3 is 15.2 Å². The van der Waals surface area contributed by atoms with Crippen molar-refractivity contribution in [2.45, 2.75) is 38.5 Å². The predicted octanol–water partition coefficient (Wildman–Crippen LogP) is 1.89. The third-order valence-corrected chi connectivity index (χ3v) is 4.50. The molecule has 20 heavy (non-hydrogen) atoms. The van der Waals surface area contributed by atoms with Gasteiger partial charge >= 0.3 is 0 Å². The summed E-state index contributed by atoms with van der Waals surface area (Å²) in [5.74, 6) is 1.93. The minimum absolute atomic E-state index is 0.214. The van der Waals surface area contributed by atoms with E-state index in [1.165, 1.54) is 0 Å². The summed E-state index contributed by atoms with van der Waals surface area (Å²) >= 11 is 1.85. The van der Waals surface area contributed by atoms with Crippen LogP contribution < -0.4 is 10.6 Å². The maximum absolute atomic E-state index is 4.24. The first-order valence-electron chi connectivity index (χ1n) is 6.96. The van der Waals surface area contributed by atoms with Crippen molar-refractivity contribution in [2.24, 2.45) is 4.99 Å². The lowest BCUT2D eigenvalue weighted by molar-refractivity contribution is 0.606. The first-order chi connectivity index (χ1) is 9.48. The Morgan fingerprint density at radius 1 is 1.45 bits per heavy atom. The topological polar surface area (TPSA) is 54.2 Å². The van der Waals surface area contributed by atoms with Crippen LogP contribution in [0.15, 0.2) is 17.4 Å². The molecule has 6 heteroatoms. The van der Waals surface area contributed by atoms with Gasteiger partial charge in [0, 0.05) is 43.8 Å². The molecule has 1 rings (SSSR count). The zero-order valence-electron chi connectivity index (χ0n) is 13.2. The quantitative estimate of drug-likeness (QED) is 0.458. The first-order valence-corrected chi connectivity index (χ1v) is 8.18. The van der Waals surface area contributed by atoms with Crippen molar-refractivity contribution in [3.05, 3.63) is 18.2 Å². The number of hydrogen-bond donors (Lipinski definition) is 2. The third kappa shape index (κ3) is 5.86. The Morgan fingerprint density at radius 2 is 2.20 bits per heavy atom. The molecule has 0 spiro atoms. The molecule has 0 saturated heterocycles. The number of aryl methyl sites for hydroxylation is 2. The van der Waals surface area contributed by atoms with E-state index in [1.807, 2.05) is 31.1 Å². The number of thioether (sulfide) groups is 1. The summed E-state index contributed by atoms with van der Waals surface area (Å²) in [4.78, 5) is 8.46. The fourth-order valence-electron chi connectivity index (χ4n) is 1.69. The summed E-state index contributed by atoms with van der Waals surface area (Å²) in [7, 11) is 1.81. The molecule has 1 heterocycles. The number of aliphatic imine (C=N–C) groups is 1. The highest BCUT2D eigenvalue weighted by atomic mass is 32.2. The van der Waals surface area contributed by atoms with Gasteiger partial charge in [0.1, 0.15) is 5.82 Å². The maximum atomic E-state index is 4.24. The van der Waals surface area contributed by atoms with Gasteiger partial charge in [0.05, 0.1) is 0 Å². The second-order valence-electron chi connectivity index (χ2n) is 5.34. The van der Waals surface area contributed by atoms with Crippen molar-refractivity contribution < 1.29 is 0 Å². The average molecular weight is 297 g/mol. The highest BCUT2D eigenvalue weighted by molar-refractivity contribution is 7.99. The lowest BCUT2D eigenvalue weighted by Crippen LogP contribution is -2.43. The molecule has 0 unspecified atom stereocenters. The van der Waals surface area contributed by atoms with E-state index in [1.54, 1.807) is 7.05 Å². The number of imidazole rings is 1. The van der Waals surface area contributed by atoms with Gasteiger partial charge in [-0.05, 0) is 33.4 Å². The minimum Gasteiger partial charge on any atom is -0.356 e. The lowest BCUT2D eigenvalue weighted by atomic mass is 10.2. The zero-order chi connectivity index (χ0) is 15.0. The maximum Gasteiger partial charge on any atom is 0.191 e. The van der Waals surface area contributed by atoms with Crippen molar-refractivity contribution in [1.82, 2.24) is 20.2 Å². The van der Waals surface area contributed by atoms with Crippen LogP contribution in [0, 0.1) is 6.92 Å². The Labute approximate surface area is 126 Å². The van der Waals surface area contributed by atoms with Crippen molar-refractivity contribution in [3.8, 4) is 0 Å². The van der Waals surface area contributed by atoms with E-state index in [0.29, 0.717) is 0 Å². The molecule has 0 bridgehead atoms. The molecular formula is C14H27N5S. The predicted molar refractivity (Wildman–Crippen MR) is 88.5 cm³/mol. The van der Waals surface area contributed by atoms with Gasteiger partial charge in [-0.15, -0.1) is 0 Å². The molecule has 5 nitrogen and oxygen atoms in total. The van der Waals surface area contributed by atoms with Crippen LogP contribution in [0.2, 0.25) is 0 Å². The summed E-state index contributed by atoms with van der Waals surface area (Å²) in [6, 6.07) is 0. The number of aromatic nitrogens is 2. The van der Waals surface area contributed by atoms with Crippen LogP contribution in [0.5, 0.6) is 0 Å². The van der Waals surface area contributed by atoms with E-state index in [2.05, 4.69) is 45.3 Å². The standard InChI is InChI=1S/C14H27N5S/c1-12-16-8-10-19(12)9-6-7-17-13(15-4)18-11-14(2,3)20-5/h8,10H,6-7,9,11H2,1-5H3,(H2,15,17,18). The fourth-order valence-corrected chi connectivity index (χ4v) is 1.90. The van der Waals surface area contributed by atoms with Crippen molar-refractivity contribution in [2.75, 3.05) is 26.4 Å². The van der Waals surface area contributed by atoms with Gasteiger partial charge in [-0.2, -0.15) is 11.8 Å². The summed E-state index contributed by atoms with van der Waals surface area (Å²) < 4.78 is 2.38. The second kappa shape index (κ2) is 8.19. The van der Waals surface area contributed by atoms with Gasteiger partial charge in [-0.1, -0.05) is 0 Å². The second-order valence-corrected chi connectivity index (χ2v) is 6.85. The normalized spacial score (nSPS) is 12.6. The molecule has 0 aromatic carbocycles. The van der Waals surface area contributed by atoms with E-state index in [-0.39, 0.29) is 4.75 Å². The Morgan fingerprint density at radius 3 is 2.75 bits per heavy atom. The van der Waals surface area contributed by atoms with Crippen LogP contribution in [-0.4, -0.2) is 46.7 Å². The molecular weight excluding hydrogens is 270 g/mol. The number of guanidine groups is 1. The zero-order valence-corrected chi connectivity index (χ0v) is 14.0. The molecule has 1 aromatic heterocycles. The molecule has 0 aliphatic heterocycles. The first kappa shape index (κ1) is 16.9. The van der Waals surface area contributed by atoms with Crippen LogP contribution in [0.3, 0.4) is 0 Å². The molecule has 2 N–H and O–H groups in total. The van der Waals surface area contributed by atoms with Gasteiger partial charge in [0.15, 0.2) is 5.96 Å². The summed E-state index contributed by atoms with van der Waals surface area (Å²) in [6.45, 7) is 9.25. The number of rotatable bonds is 7. The third-order valence-electron chi connectivity index (χ3n) is 3.25. The molecule has 114 valence electrons. The van der Waals surface area contributed by atoms with Crippen LogP contribution >= 0.6 is 11.8 Å². The fraction of sp³-hybridized carbons (Fsp3) is 0.714.